The number of carbonyl (C=O) groups excluding carboxylic acids is 1. The summed E-state index contributed by atoms with van der Waals surface area (Å²) in [6, 6.07) is 11.4. The van der Waals surface area contributed by atoms with Crippen molar-refractivity contribution in [3.05, 3.63) is 48.4 Å². The number of benzene rings is 1. The second-order valence-electron chi connectivity index (χ2n) is 4.65. The minimum atomic E-state index is -0.0169. The normalized spacial score (nSPS) is 10.5. The highest BCUT2D eigenvalue weighted by Gasteiger charge is 2.06. The van der Waals surface area contributed by atoms with Crippen molar-refractivity contribution in [1.82, 2.24) is 0 Å². The molecule has 0 bridgehead atoms. The highest BCUT2D eigenvalue weighted by Crippen LogP contribution is 2.15. The lowest BCUT2D eigenvalue weighted by molar-refractivity contribution is -0.118. The van der Waals surface area contributed by atoms with Crippen LogP contribution >= 0.6 is 0 Å². The van der Waals surface area contributed by atoms with E-state index in [-0.39, 0.29) is 11.8 Å². The van der Waals surface area contributed by atoms with Crippen molar-refractivity contribution in [2.24, 2.45) is 5.92 Å². The van der Waals surface area contributed by atoms with E-state index >= 15 is 0 Å². The van der Waals surface area contributed by atoms with Gasteiger partial charge in [0.2, 0.25) is 5.91 Å². The summed E-state index contributed by atoms with van der Waals surface area (Å²) < 4.78 is 5.24. The van der Waals surface area contributed by atoms with Gasteiger partial charge in [-0.05, 0) is 36.4 Å². The summed E-state index contributed by atoms with van der Waals surface area (Å²) in [5, 5.41) is 6.10. The van der Waals surface area contributed by atoms with E-state index in [1.807, 2.05) is 50.2 Å². The van der Waals surface area contributed by atoms with Crippen LogP contribution in [-0.4, -0.2) is 5.91 Å². The Balaban J connectivity index is 1.89. The van der Waals surface area contributed by atoms with Gasteiger partial charge in [0, 0.05) is 17.3 Å². The zero-order valence-electron chi connectivity index (χ0n) is 11.1. The molecule has 4 heteroatoms. The topological polar surface area (TPSA) is 54.3 Å². The number of carbonyl (C=O) groups is 1. The number of anilines is 2. The molecule has 0 fully saturated rings. The molecule has 0 aliphatic heterocycles. The van der Waals surface area contributed by atoms with Crippen molar-refractivity contribution in [1.29, 1.82) is 0 Å². The molecule has 100 valence electrons. The van der Waals surface area contributed by atoms with E-state index in [4.69, 9.17) is 4.42 Å². The van der Waals surface area contributed by atoms with Gasteiger partial charge in [0.25, 0.3) is 0 Å². The molecule has 2 rings (SSSR count). The second kappa shape index (κ2) is 6.09. The Morgan fingerprint density at radius 1 is 1.16 bits per heavy atom. The van der Waals surface area contributed by atoms with Gasteiger partial charge in [-0.1, -0.05) is 13.8 Å². The van der Waals surface area contributed by atoms with Crippen molar-refractivity contribution < 1.29 is 9.21 Å². The maximum Gasteiger partial charge on any atom is 0.226 e. The highest BCUT2D eigenvalue weighted by molar-refractivity contribution is 5.92. The van der Waals surface area contributed by atoms with Gasteiger partial charge >= 0.3 is 0 Å². The molecule has 0 aliphatic carbocycles. The molecule has 0 radical (unpaired) electrons. The zero-order valence-corrected chi connectivity index (χ0v) is 11.1. The minimum absolute atomic E-state index is 0.0169. The molecule has 2 N–H and O–H groups in total. The first-order chi connectivity index (χ1) is 9.15. The molecule has 4 nitrogen and oxygen atoms in total. The van der Waals surface area contributed by atoms with Crippen LogP contribution in [0.2, 0.25) is 0 Å². The Hall–Kier alpha value is -2.23. The van der Waals surface area contributed by atoms with E-state index in [0.717, 1.165) is 17.1 Å². The van der Waals surface area contributed by atoms with E-state index in [0.29, 0.717) is 6.54 Å². The third kappa shape index (κ3) is 3.88. The van der Waals surface area contributed by atoms with E-state index in [9.17, 15) is 4.79 Å². The summed E-state index contributed by atoms with van der Waals surface area (Å²) >= 11 is 0. The van der Waals surface area contributed by atoms with Gasteiger partial charge < -0.3 is 15.1 Å². The zero-order chi connectivity index (χ0) is 13.7. The first-order valence-corrected chi connectivity index (χ1v) is 6.32. The van der Waals surface area contributed by atoms with Crippen LogP contribution in [0.25, 0.3) is 0 Å². The lowest BCUT2D eigenvalue weighted by atomic mass is 10.2. The minimum Gasteiger partial charge on any atom is -0.467 e. The van der Waals surface area contributed by atoms with Crippen molar-refractivity contribution in [3.63, 3.8) is 0 Å². The Labute approximate surface area is 112 Å². The van der Waals surface area contributed by atoms with Gasteiger partial charge in [0.05, 0.1) is 12.8 Å². The summed E-state index contributed by atoms with van der Waals surface area (Å²) in [6.45, 7) is 4.38. The molecule has 19 heavy (non-hydrogen) atoms. The molecule has 2 aromatic rings. The van der Waals surface area contributed by atoms with Crippen LogP contribution in [0.15, 0.2) is 47.1 Å². The van der Waals surface area contributed by atoms with E-state index in [1.54, 1.807) is 6.26 Å². The number of hydrogen-bond donors (Lipinski definition) is 2. The molecule has 1 heterocycles. The lowest BCUT2D eigenvalue weighted by Crippen LogP contribution is -2.17. The molecular weight excluding hydrogens is 240 g/mol. The van der Waals surface area contributed by atoms with Crippen LogP contribution in [0.5, 0.6) is 0 Å². The van der Waals surface area contributed by atoms with Crippen LogP contribution in [0.1, 0.15) is 19.6 Å². The number of rotatable bonds is 5. The number of amides is 1. The third-order valence-corrected chi connectivity index (χ3v) is 2.72. The second-order valence-corrected chi connectivity index (χ2v) is 4.65. The molecule has 0 aliphatic rings. The molecule has 1 amide bonds. The molecule has 1 aromatic heterocycles. The SMILES string of the molecule is CC(C)C(=O)Nc1ccc(NCc2ccco2)cc1. The van der Waals surface area contributed by atoms with Crippen molar-refractivity contribution in [2.45, 2.75) is 20.4 Å². The molecule has 0 unspecified atom stereocenters. The monoisotopic (exact) mass is 258 g/mol. The van der Waals surface area contributed by atoms with Crippen molar-refractivity contribution >= 4 is 17.3 Å². The molecule has 1 aromatic carbocycles. The Kier molecular flexibility index (Phi) is 4.23. The number of hydrogen-bond acceptors (Lipinski definition) is 3. The van der Waals surface area contributed by atoms with Gasteiger partial charge in [0.15, 0.2) is 0 Å². The first-order valence-electron chi connectivity index (χ1n) is 6.32. The fourth-order valence-corrected chi connectivity index (χ4v) is 1.56. The van der Waals surface area contributed by atoms with Crippen LogP contribution in [0, 0.1) is 5.92 Å². The van der Waals surface area contributed by atoms with E-state index in [2.05, 4.69) is 10.6 Å². The quantitative estimate of drug-likeness (QED) is 0.863. The summed E-state index contributed by atoms with van der Waals surface area (Å²) in [4.78, 5) is 11.5. The molecule has 0 spiro atoms. The number of furan rings is 1. The Morgan fingerprint density at radius 2 is 1.84 bits per heavy atom. The maximum atomic E-state index is 11.5. The van der Waals surface area contributed by atoms with Crippen LogP contribution < -0.4 is 10.6 Å². The Morgan fingerprint density at radius 3 is 2.42 bits per heavy atom. The smallest absolute Gasteiger partial charge is 0.226 e. The van der Waals surface area contributed by atoms with Crippen LogP contribution in [0.4, 0.5) is 11.4 Å². The van der Waals surface area contributed by atoms with E-state index < -0.39 is 0 Å². The molecule has 0 saturated carbocycles. The summed E-state index contributed by atoms with van der Waals surface area (Å²) in [6.07, 6.45) is 1.65. The van der Waals surface area contributed by atoms with Crippen molar-refractivity contribution in [2.75, 3.05) is 10.6 Å². The highest BCUT2D eigenvalue weighted by atomic mass is 16.3. The Bertz CT molecular complexity index is 516. The fourth-order valence-electron chi connectivity index (χ4n) is 1.56. The fraction of sp³-hybridized carbons (Fsp3) is 0.267. The van der Waals surface area contributed by atoms with Gasteiger partial charge in [-0.25, -0.2) is 0 Å². The average molecular weight is 258 g/mol. The molecule has 0 saturated heterocycles. The summed E-state index contributed by atoms with van der Waals surface area (Å²) in [5.74, 6) is 0.894. The largest absolute Gasteiger partial charge is 0.467 e. The van der Waals surface area contributed by atoms with Gasteiger partial charge in [-0.2, -0.15) is 0 Å². The van der Waals surface area contributed by atoms with Gasteiger partial charge in [0.1, 0.15) is 5.76 Å². The van der Waals surface area contributed by atoms with Crippen LogP contribution in [0.3, 0.4) is 0 Å². The molecule has 0 atom stereocenters. The lowest BCUT2D eigenvalue weighted by Gasteiger charge is -2.09. The molecular formula is C15H18N2O2. The van der Waals surface area contributed by atoms with Gasteiger partial charge in [-0.15, -0.1) is 0 Å². The first kappa shape index (κ1) is 13.2. The maximum absolute atomic E-state index is 11.5. The third-order valence-electron chi connectivity index (χ3n) is 2.72. The van der Waals surface area contributed by atoms with E-state index in [1.165, 1.54) is 0 Å². The summed E-state index contributed by atoms with van der Waals surface area (Å²) in [7, 11) is 0. The standard InChI is InChI=1S/C15H18N2O2/c1-11(2)15(18)17-13-7-5-12(6-8-13)16-10-14-4-3-9-19-14/h3-9,11,16H,10H2,1-2H3,(H,17,18). The van der Waals surface area contributed by atoms with Crippen molar-refractivity contribution in [3.8, 4) is 0 Å². The van der Waals surface area contributed by atoms with Gasteiger partial charge in [-0.3, -0.25) is 4.79 Å². The van der Waals surface area contributed by atoms with Crippen LogP contribution in [-0.2, 0) is 11.3 Å². The summed E-state index contributed by atoms with van der Waals surface area (Å²) in [5.41, 5.74) is 1.79. The predicted molar refractivity (Wildman–Crippen MR) is 75.9 cm³/mol. The predicted octanol–water partition coefficient (Wildman–Crippen LogP) is 3.49. The number of nitrogens with one attached hydrogen (secondary N) is 2. The average Bonchev–Trinajstić information content (AvgIpc) is 2.91.